The number of ether oxygens (including phenoxy) is 5. The first-order valence-electron chi connectivity index (χ1n) is 10.8. The van der Waals surface area contributed by atoms with Gasteiger partial charge in [-0.15, -0.1) is 0 Å². The topological polar surface area (TPSA) is 150 Å². The SMILES string of the molecule is COC(=O)C1=C(C(=O)OC)N(c2cc(C(=O)OC)cc(OC)c2OC)C(N)=C(C#N)C1c1ccccc1. The molecule has 0 spiro atoms. The van der Waals surface area contributed by atoms with Crippen molar-refractivity contribution < 1.29 is 38.1 Å². The molecule has 1 aliphatic heterocycles. The molecule has 0 amide bonds. The highest BCUT2D eigenvalue weighted by Crippen LogP contribution is 2.47. The van der Waals surface area contributed by atoms with Gasteiger partial charge in [0.15, 0.2) is 11.5 Å². The molecule has 0 fully saturated rings. The molecule has 3 rings (SSSR count). The predicted molar refractivity (Wildman–Crippen MR) is 130 cm³/mol. The largest absolute Gasteiger partial charge is 0.493 e. The van der Waals surface area contributed by atoms with Crippen LogP contribution in [0.4, 0.5) is 5.69 Å². The molecule has 11 heteroatoms. The standard InChI is InChI=1S/C26H25N3O8/c1-33-18-12-15(24(30)35-3)11-17(22(18)34-2)29-21(26(32)37-5)20(25(31)36-4)19(16(13-27)23(29)28)14-9-7-6-8-10-14/h6-12,19H,28H2,1-5H3. The molecule has 0 saturated heterocycles. The molecule has 11 nitrogen and oxygen atoms in total. The highest BCUT2D eigenvalue weighted by molar-refractivity contribution is 6.07. The first kappa shape index (κ1) is 26.6. The normalized spacial score (nSPS) is 15.0. The van der Waals surface area contributed by atoms with Crippen molar-refractivity contribution in [1.29, 1.82) is 5.26 Å². The molecule has 0 aromatic heterocycles. The number of hydrogen-bond acceptors (Lipinski definition) is 11. The van der Waals surface area contributed by atoms with Crippen LogP contribution in [-0.2, 0) is 23.8 Å². The lowest BCUT2D eigenvalue weighted by Gasteiger charge is -2.36. The fraction of sp³-hybridized carbons (Fsp3) is 0.231. The highest BCUT2D eigenvalue weighted by Gasteiger charge is 2.44. The van der Waals surface area contributed by atoms with E-state index in [2.05, 4.69) is 6.07 Å². The minimum absolute atomic E-state index is 0.0146. The molecule has 192 valence electrons. The van der Waals surface area contributed by atoms with E-state index in [0.29, 0.717) is 5.56 Å². The number of carbonyl (C=O) groups is 3. The maximum absolute atomic E-state index is 13.3. The van der Waals surface area contributed by atoms with Crippen LogP contribution in [0.3, 0.4) is 0 Å². The lowest BCUT2D eigenvalue weighted by atomic mass is 9.81. The highest BCUT2D eigenvalue weighted by atomic mass is 16.5. The molecule has 1 heterocycles. The molecule has 1 atom stereocenters. The maximum atomic E-state index is 13.3. The molecule has 0 bridgehead atoms. The summed E-state index contributed by atoms with van der Waals surface area (Å²) in [6.45, 7) is 0. The smallest absolute Gasteiger partial charge is 0.355 e. The van der Waals surface area contributed by atoms with Gasteiger partial charge in [-0.2, -0.15) is 5.26 Å². The van der Waals surface area contributed by atoms with E-state index in [9.17, 15) is 19.6 Å². The second-order valence-corrected chi connectivity index (χ2v) is 7.56. The Kier molecular flexibility index (Phi) is 8.04. The molecule has 37 heavy (non-hydrogen) atoms. The van der Waals surface area contributed by atoms with Gasteiger partial charge in [-0.3, -0.25) is 4.90 Å². The van der Waals surface area contributed by atoms with Crippen molar-refractivity contribution in [2.45, 2.75) is 5.92 Å². The number of nitriles is 1. The van der Waals surface area contributed by atoms with E-state index in [1.54, 1.807) is 30.3 Å². The average Bonchev–Trinajstić information content (AvgIpc) is 2.94. The van der Waals surface area contributed by atoms with Gasteiger partial charge < -0.3 is 29.4 Å². The number of hydrogen-bond donors (Lipinski definition) is 1. The van der Waals surface area contributed by atoms with Crippen molar-refractivity contribution in [3.8, 4) is 17.6 Å². The summed E-state index contributed by atoms with van der Waals surface area (Å²) in [6, 6.07) is 13.3. The number of nitrogens with two attached hydrogens (primary N) is 1. The fourth-order valence-electron chi connectivity index (χ4n) is 4.11. The molecule has 0 saturated carbocycles. The van der Waals surface area contributed by atoms with Gasteiger partial charge in [0.1, 0.15) is 11.5 Å². The minimum Gasteiger partial charge on any atom is -0.493 e. The summed E-state index contributed by atoms with van der Waals surface area (Å²) < 4.78 is 25.8. The number of esters is 3. The number of anilines is 1. The quantitative estimate of drug-likeness (QED) is 0.434. The summed E-state index contributed by atoms with van der Waals surface area (Å²) in [5.74, 6) is -3.67. The Morgan fingerprint density at radius 3 is 2.03 bits per heavy atom. The van der Waals surface area contributed by atoms with Crippen molar-refractivity contribution in [2.75, 3.05) is 40.4 Å². The maximum Gasteiger partial charge on any atom is 0.355 e. The van der Waals surface area contributed by atoms with Gasteiger partial charge in [0.2, 0.25) is 0 Å². The third-order valence-corrected chi connectivity index (χ3v) is 5.73. The van der Waals surface area contributed by atoms with Gasteiger partial charge in [0.25, 0.3) is 0 Å². The van der Waals surface area contributed by atoms with Gasteiger partial charge in [0, 0.05) is 0 Å². The average molecular weight is 507 g/mol. The van der Waals surface area contributed by atoms with Crippen molar-refractivity contribution in [3.05, 3.63) is 76.3 Å². The number of nitrogens with zero attached hydrogens (tertiary/aromatic N) is 2. The van der Waals surface area contributed by atoms with E-state index in [1.807, 2.05) is 0 Å². The van der Waals surface area contributed by atoms with Crippen molar-refractivity contribution in [3.63, 3.8) is 0 Å². The number of benzene rings is 2. The van der Waals surface area contributed by atoms with Gasteiger partial charge in [-0.25, -0.2) is 14.4 Å². The monoisotopic (exact) mass is 507 g/mol. The molecular weight excluding hydrogens is 482 g/mol. The van der Waals surface area contributed by atoms with E-state index >= 15 is 0 Å². The number of rotatable bonds is 7. The fourth-order valence-corrected chi connectivity index (χ4v) is 4.11. The van der Waals surface area contributed by atoms with Crippen LogP contribution in [0, 0.1) is 11.3 Å². The van der Waals surface area contributed by atoms with Crippen molar-refractivity contribution in [1.82, 2.24) is 0 Å². The zero-order valence-electron chi connectivity index (χ0n) is 20.9. The Hall–Kier alpha value is -4.98. The van der Waals surface area contributed by atoms with Crippen molar-refractivity contribution in [2.24, 2.45) is 5.73 Å². The summed E-state index contributed by atoms with van der Waals surface area (Å²) in [6.07, 6.45) is 0. The van der Waals surface area contributed by atoms with Gasteiger partial charge in [0.05, 0.1) is 69.9 Å². The molecular formula is C26H25N3O8. The van der Waals surface area contributed by atoms with E-state index in [1.165, 1.54) is 33.5 Å². The molecule has 0 radical (unpaired) electrons. The molecule has 2 aromatic carbocycles. The van der Waals surface area contributed by atoms with Gasteiger partial charge in [-0.1, -0.05) is 30.3 Å². The summed E-state index contributed by atoms with van der Waals surface area (Å²) >= 11 is 0. The van der Waals surface area contributed by atoms with Gasteiger partial charge >= 0.3 is 17.9 Å². The Labute approximate surface area is 213 Å². The van der Waals surface area contributed by atoms with Crippen molar-refractivity contribution >= 4 is 23.6 Å². The summed E-state index contributed by atoms with van der Waals surface area (Å²) in [5, 5.41) is 10.2. The zero-order chi connectivity index (χ0) is 27.3. The number of methoxy groups -OCH3 is 5. The number of carbonyl (C=O) groups excluding carboxylic acids is 3. The van der Waals surface area contributed by atoms with Crippen LogP contribution in [-0.4, -0.2) is 53.5 Å². The van der Waals surface area contributed by atoms with E-state index in [-0.39, 0.29) is 45.4 Å². The van der Waals surface area contributed by atoms with E-state index in [0.717, 1.165) is 19.1 Å². The lowest BCUT2D eigenvalue weighted by Crippen LogP contribution is -2.41. The molecule has 2 N–H and O–H groups in total. The summed E-state index contributed by atoms with van der Waals surface area (Å²) in [4.78, 5) is 40.0. The Morgan fingerprint density at radius 2 is 1.51 bits per heavy atom. The van der Waals surface area contributed by atoms with Gasteiger partial charge in [-0.05, 0) is 17.7 Å². The summed E-state index contributed by atoms with van der Waals surface area (Å²) in [7, 11) is 6.15. The predicted octanol–water partition coefficient (Wildman–Crippen LogP) is 2.39. The Bertz CT molecular complexity index is 1340. The molecule has 2 aromatic rings. The van der Waals surface area contributed by atoms with Crippen LogP contribution >= 0.6 is 0 Å². The molecule has 1 aliphatic rings. The van der Waals surface area contributed by atoms with Crippen LogP contribution in [0.1, 0.15) is 21.8 Å². The van der Waals surface area contributed by atoms with Crippen LogP contribution in [0.5, 0.6) is 11.5 Å². The first-order chi connectivity index (χ1) is 17.8. The Balaban J connectivity index is 2.52. The third-order valence-electron chi connectivity index (χ3n) is 5.73. The molecule has 1 unspecified atom stereocenters. The van der Waals surface area contributed by atoms with Crippen LogP contribution in [0.25, 0.3) is 0 Å². The zero-order valence-corrected chi connectivity index (χ0v) is 20.9. The van der Waals surface area contributed by atoms with E-state index in [4.69, 9.17) is 29.4 Å². The molecule has 0 aliphatic carbocycles. The van der Waals surface area contributed by atoms with Crippen LogP contribution in [0.2, 0.25) is 0 Å². The Morgan fingerprint density at radius 1 is 0.892 bits per heavy atom. The van der Waals surface area contributed by atoms with Crippen LogP contribution < -0.4 is 20.1 Å². The van der Waals surface area contributed by atoms with Crippen LogP contribution in [0.15, 0.2) is 65.1 Å². The van der Waals surface area contributed by atoms with E-state index < -0.39 is 23.8 Å². The second-order valence-electron chi connectivity index (χ2n) is 7.56. The lowest BCUT2D eigenvalue weighted by molar-refractivity contribution is -0.139. The second kappa shape index (κ2) is 11.2. The third kappa shape index (κ3) is 4.64. The first-order valence-corrected chi connectivity index (χ1v) is 10.8. The summed E-state index contributed by atoms with van der Waals surface area (Å²) in [5.41, 5.74) is 6.50. The number of allylic oxidation sites excluding steroid dienone is 1. The minimum atomic E-state index is -1.05.